The summed E-state index contributed by atoms with van der Waals surface area (Å²) in [6.07, 6.45) is 3.88. The van der Waals surface area contributed by atoms with Gasteiger partial charge in [0.1, 0.15) is 6.34 Å². The third-order valence-electron chi connectivity index (χ3n) is 3.24. The van der Waals surface area contributed by atoms with Crippen molar-refractivity contribution in [3.63, 3.8) is 0 Å². The third-order valence-corrected chi connectivity index (χ3v) is 3.24. The van der Waals surface area contributed by atoms with Gasteiger partial charge in [-0.05, 0) is 31.0 Å². The first-order valence-electron chi connectivity index (χ1n) is 5.55. The molecule has 2 heteroatoms. The van der Waals surface area contributed by atoms with Crippen molar-refractivity contribution >= 4 is 13.1 Å². The smallest absolute Gasteiger partial charge is 0.114 e. The summed E-state index contributed by atoms with van der Waals surface area (Å²) < 4.78 is 0. The number of nitrogens with zero attached hydrogens (tertiary/aromatic N) is 2. The van der Waals surface area contributed by atoms with Crippen LogP contribution in [-0.4, -0.2) is 13.1 Å². The van der Waals surface area contributed by atoms with Gasteiger partial charge in [-0.15, -0.1) is 0 Å². The van der Waals surface area contributed by atoms with E-state index in [1.165, 1.54) is 24.7 Å². The molecule has 82 valence electrons. The second kappa shape index (κ2) is 4.88. The zero-order chi connectivity index (χ0) is 11.4. The van der Waals surface area contributed by atoms with Crippen molar-refractivity contribution in [2.75, 3.05) is 0 Å². The highest BCUT2D eigenvalue weighted by atomic mass is 14.9. The molecule has 0 heterocycles. The molecule has 1 aromatic carbocycles. The Morgan fingerprint density at radius 1 is 1.25 bits per heavy atom. The number of aliphatic imine (C=N–C) groups is 2. The fourth-order valence-corrected chi connectivity index (χ4v) is 2.21. The summed E-state index contributed by atoms with van der Waals surface area (Å²) in [5.74, 6) is 1.05. The molecule has 2 nitrogen and oxygen atoms in total. The van der Waals surface area contributed by atoms with E-state index in [1.807, 2.05) is 6.07 Å². The lowest BCUT2D eigenvalue weighted by atomic mass is 9.69. The van der Waals surface area contributed by atoms with Crippen molar-refractivity contribution < 1.29 is 0 Å². The number of allylic oxidation sites excluding steroid dienone is 1. The van der Waals surface area contributed by atoms with Crippen molar-refractivity contribution in [3.8, 4) is 0 Å². The molecule has 16 heavy (non-hydrogen) atoms. The fourth-order valence-electron chi connectivity index (χ4n) is 2.21. The highest BCUT2D eigenvalue weighted by Gasteiger charge is 2.33. The van der Waals surface area contributed by atoms with Crippen LogP contribution in [0.3, 0.4) is 0 Å². The van der Waals surface area contributed by atoms with E-state index in [0.29, 0.717) is 11.8 Å². The summed E-state index contributed by atoms with van der Waals surface area (Å²) in [5.41, 5.74) is 2.31. The van der Waals surface area contributed by atoms with Gasteiger partial charge in [0.05, 0.1) is 0 Å². The maximum atomic E-state index is 4.19. The number of benzene rings is 1. The topological polar surface area (TPSA) is 24.7 Å². The average molecular weight is 212 g/mol. The van der Waals surface area contributed by atoms with Gasteiger partial charge in [-0.25, -0.2) is 4.99 Å². The molecular weight excluding hydrogens is 196 g/mol. The van der Waals surface area contributed by atoms with Gasteiger partial charge in [0, 0.05) is 11.6 Å². The molecule has 1 aromatic rings. The van der Waals surface area contributed by atoms with E-state index in [0.717, 1.165) is 5.70 Å². The summed E-state index contributed by atoms with van der Waals surface area (Å²) in [4.78, 5) is 7.80. The van der Waals surface area contributed by atoms with Gasteiger partial charge in [0.15, 0.2) is 0 Å². The zero-order valence-corrected chi connectivity index (χ0v) is 9.34. The monoisotopic (exact) mass is 212 g/mol. The van der Waals surface area contributed by atoms with Crippen LogP contribution in [0.1, 0.15) is 24.3 Å². The Hall–Kier alpha value is -1.70. The predicted octanol–water partition coefficient (Wildman–Crippen LogP) is 3.42. The minimum absolute atomic E-state index is 0.473. The second-order valence-electron chi connectivity index (χ2n) is 4.12. The molecule has 0 bridgehead atoms. The summed E-state index contributed by atoms with van der Waals surface area (Å²) >= 11 is 0. The van der Waals surface area contributed by atoms with Crippen LogP contribution in [0.25, 0.3) is 0 Å². The van der Waals surface area contributed by atoms with Gasteiger partial charge in [0.2, 0.25) is 0 Å². The van der Waals surface area contributed by atoms with Crippen molar-refractivity contribution in [2.45, 2.75) is 18.8 Å². The minimum Gasteiger partial charge on any atom is -0.253 e. The van der Waals surface area contributed by atoms with Crippen molar-refractivity contribution in [3.05, 3.63) is 48.2 Å². The van der Waals surface area contributed by atoms with Gasteiger partial charge < -0.3 is 0 Å². The molecule has 0 aromatic heterocycles. The number of rotatable bonds is 4. The first-order chi connectivity index (χ1) is 7.83. The Morgan fingerprint density at radius 2 is 2.00 bits per heavy atom. The van der Waals surface area contributed by atoms with E-state index in [4.69, 9.17) is 0 Å². The Kier molecular flexibility index (Phi) is 3.30. The maximum absolute atomic E-state index is 4.19. The lowest BCUT2D eigenvalue weighted by molar-refractivity contribution is 0.299. The maximum Gasteiger partial charge on any atom is 0.114 e. The number of hydrogen-bond acceptors (Lipinski definition) is 1. The highest BCUT2D eigenvalue weighted by molar-refractivity contribution is 5.63. The zero-order valence-electron chi connectivity index (χ0n) is 9.34. The van der Waals surface area contributed by atoms with Crippen LogP contribution in [0, 0.1) is 5.92 Å². The molecule has 0 spiro atoms. The molecule has 2 atom stereocenters. The van der Waals surface area contributed by atoms with E-state index in [1.54, 1.807) is 0 Å². The molecule has 0 saturated heterocycles. The van der Waals surface area contributed by atoms with Crippen LogP contribution in [0.2, 0.25) is 0 Å². The quantitative estimate of drug-likeness (QED) is 0.539. The lowest BCUT2D eigenvalue weighted by Gasteiger charge is -2.37. The standard InChI is InChI=1S/C14H16N2/c1-11(16-10-15-2)13-8-9-14(13)12-6-4-3-5-7-12/h3-7,10,13-14H,1-2,8-9H2/t13-,14+/m0/s1. The Balaban J connectivity index is 2.07. The van der Waals surface area contributed by atoms with E-state index < -0.39 is 0 Å². The molecule has 0 amide bonds. The number of hydrogen-bond donors (Lipinski definition) is 0. The van der Waals surface area contributed by atoms with Crippen LogP contribution in [0.5, 0.6) is 0 Å². The molecule has 1 aliphatic rings. The molecule has 0 unspecified atom stereocenters. The van der Waals surface area contributed by atoms with E-state index in [-0.39, 0.29) is 0 Å². The molecular formula is C14H16N2. The SMILES string of the molecule is C=NC=NC(=C)[C@@H]1CC[C@@H]1c1ccccc1. The lowest BCUT2D eigenvalue weighted by Crippen LogP contribution is -2.24. The Morgan fingerprint density at radius 3 is 2.56 bits per heavy atom. The van der Waals surface area contributed by atoms with Crippen molar-refractivity contribution in [1.29, 1.82) is 0 Å². The van der Waals surface area contributed by atoms with Crippen LogP contribution in [0.15, 0.2) is 52.6 Å². The van der Waals surface area contributed by atoms with Crippen LogP contribution in [0.4, 0.5) is 0 Å². The van der Waals surface area contributed by atoms with Crippen molar-refractivity contribution in [2.24, 2.45) is 15.9 Å². The van der Waals surface area contributed by atoms with Gasteiger partial charge in [-0.1, -0.05) is 36.9 Å². The summed E-state index contributed by atoms with van der Waals surface area (Å²) in [6.45, 7) is 7.38. The predicted molar refractivity (Wildman–Crippen MR) is 69.1 cm³/mol. The summed E-state index contributed by atoms with van der Waals surface area (Å²) in [7, 11) is 0. The van der Waals surface area contributed by atoms with Crippen LogP contribution < -0.4 is 0 Å². The largest absolute Gasteiger partial charge is 0.253 e. The Bertz CT molecular complexity index is 406. The van der Waals surface area contributed by atoms with Gasteiger partial charge in [-0.3, -0.25) is 4.99 Å². The van der Waals surface area contributed by atoms with E-state index in [9.17, 15) is 0 Å². The van der Waals surface area contributed by atoms with Gasteiger partial charge >= 0.3 is 0 Å². The average Bonchev–Trinajstić information content (AvgIpc) is 2.26. The Labute approximate surface area is 96.4 Å². The van der Waals surface area contributed by atoms with Crippen LogP contribution >= 0.6 is 0 Å². The first-order valence-corrected chi connectivity index (χ1v) is 5.55. The molecule has 1 saturated carbocycles. The van der Waals surface area contributed by atoms with E-state index in [2.05, 4.69) is 47.5 Å². The van der Waals surface area contributed by atoms with Gasteiger partial charge in [0.25, 0.3) is 0 Å². The van der Waals surface area contributed by atoms with Gasteiger partial charge in [-0.2, -0.15) is 0 Å². The molecule has 1 fully saturated rings. The molecule has 0 aliphatic heterocycles. The second-order valence-corrected chi connectivity index (χ2v) is 4.12. The molecule has 1 aliphatic carbocycles. The molecule has 0 radical (unpaired) electrons. The first kappa shape index (κ1) is 10.8. The molecule has 0 N–H and O–H groups in total. The van der Waals surface area contributed by atoms with E-state index >= 15 is 0 Å². The molecule has 2 rings (SSSR count). The summed E-state index contributed by atoms with van der Waals surface area (Å²) in [6, 6.07) is 10.6. The summed E-state index contributed by atoms with van der Waals surface area (Å²) in [5, 5.41) is 0. The minimum atomic E-state index is 0.473. The normalized spacial score (nSPS) is 24.0. The third kappa shape index (κ3) is 2.11. The highest BCUT2D eigenvalue weighted by Crippen LogP contribution is 2.46. The fraction of sp³-hybridized carbons (Fsp3) is 0.286. The van der Waals surface area contributed by atoms with Crippen LogP contribution in [-0.2, 0) is 0 Å². The van der Waals surface area contributed by atoms with Crippen molar-refractivity contribution in [1.82, 2.24) is 0 Å².